The molecule has 0 radical (unpaired) electrons. The molecule has 0 saturated heterocycles. The summed E-state index contributed by atoms with van der Waals surface area (Å²) in [5, 5.41) is 5.09. The average molecular weight is 157 g/mol. The molecule has 1 aliphatic heterocycles. The third kappa shape index (κ3) is 2.25. The van der Waals surface area contributed by atoms with Crippen LogP contribution >= 0.6 is 0 Å². The number of aliphatic imine (C=N–C) groups is 1. The zero-order chi connectivity index (χ0) is 8.10. The van der Waals surface area contributed by atoms with Gasteiger partial charge in [-0.05, 0) is 13.0 Å². The molecule has 0 fully saturated rings. The molecule has 0 saturated carbocycles. The maximum absolute atomic E-state index is 5.07. The molecule has 0 aromatic carbocycles. The van der Waals surface area contributed by atoms with Gasteiger partial charge in [-0.25, -0.2) is 0 Å². The Morgan fingerprint density at radius 3 is 3.27 bits per heavy atom. The first-order valence-corrected chi connectivity index (χ1v) is 3.92. The highest BCUT2D eigenvalue weighted by molar-refractivity contribution is 5.65. The minimum absolute atomic E-state index is 0.167. The van der Waals surface area contributed by atoms with Crippen LogP contribution < -0.4 is 5.32 Å². The molecule has 0 unspecified atom stereocenters. The van der Waals surface area contributed by atoms with Gasteiger partial charge >= 0.3 is 0 Å². The molecule has 1 atom stereocenters. The van der Waals surface area contributed by atoms with E-state index in [2.05, 4.69) is 17.2 Å². The molecule has 1 rings (SSSR count). The predicted octanol–water partition coefficient (Wildman–Crippen LogP) is 0.217. The molecule has 0 aromatic heterocycles. The largest absolute Gasteiger partial charge is 0.299 e. The summed E-state index contributed by atoms with van der Waals surface area (Å²) in [4.78, 5) is 9.15. The summed E-state index contributed by atoms with van der Waals surface area (Å²) in [5.74, 6) is 0. The Bertz CT molecular complexity index is 138. The normalized spacial score (nSPS) is 24.7. The van der Waals surface area contributed by atoms with Gasteiger partial charge in [-0.15, -0.1) is 5.06 Å². The number of nitrogens with one attached hydrogen (secondary N) is 1. The molecule has 0 aromatic rings. The van der Waals surface area contributed by atoms with Crippen molar-refractivity contribution < 1.29 is 4.84 Å². The van der Waals surface area contributed by atoms with Gasteiger partial charge in [0.25, 0.3) is 0 Å². The first-order chi connectivity index (χ1) is 5.38. The van der Waals surface area contributed by atoms with E-state index in [-0.39, 0.29) is 6.17 Å². The van der Waals surface area contributed by atoms with Crippen molar-refractivity contribution in [2.24, 2.45) is 4.99 Å². The van der Waals surface area contributed by atoms with Gasteiger partial charge in [0.15, 0.2) is 0 Å². The topological polar surface area (TPSA) is 36.9 Å². The van der Waals surface area contributed by atoms with E-state index in [1.807, 2.05) is 6.21 Å². The van der Waals surface area contributed by atoms with Crippen LogP contribution in [0.4, 0.5) is 0 Å². The fourth-order valence-corrected chi connectivity index (χ4v) is 1.01. The molecular formula is C7H15N3O. The molecule has 0 bridgehead atoms. The fourth-order valence-electron chi connectivity index (χ4n) is 1.01. The van der Waals surface area contributed by atoms with Crippen molar-refractivity contribution in [1.82, 2.24) is 10.4 Å². The van der Waals surface area contributed by atoms with E-state index in [1.54, 1.807) is 12.2 Å². The number of hydroxylamine groups is 2. The summed E-state index contributed by atoms with van der Waals surface area (Å²) in [6, 6.07) is 0. The smallest absolute Gasteiger partial charge is 0.122 e. The Morgan fingerprint density at radius 2 is 2.64 bits per heavy atom. The Labute approximate surface area is 67.2 Å². The van der Waals surface area contributed by atoms with Crippen molar-refractivity contribution in [1.29, 1.82) is 0 Å². The zero-order valence-corrected chi connectivity index (χ0v) is 7.08. The number of rotatable bonds is 4. The summed E-state index contributed by atoms with van der Waals surface area (Å²) in [7, 11) is 1.66. The number of hydrogen-bond acceptors (Lipinski definition) is 4. The molecule has 64 valence electrons. The fraction of sp³-hybridized carbons (Fsp3) is 0.857. The second kappa shape index (κ2) is 4.43. The molecule has 0 aliphatic carbocycles. The van der Waals surface area contributed by atoms with Crippen molar-refractivity contribution in [3.8, 4) is 0 Å². The molecule has 4 heteroatoms. The van der Waals surface area contributed by atoms with E-state index >= 15 is 0 Å². The highest BCUT2D eigenvalue weighted by atomic mass is 16.7. The quantitative estimate of drug-likeness (QED) is 0.634. The van der Waals surface area contributed by atoms with E-state index < -0.39 is 0 Å². The highest BCUT2D eigenvalue weighted by Gasteiger charge is 2.18. The maximum Gasteiger partial charge on any atom is 0.122 e. The van der Waals surface area contributed by atoms with Crippen LogP contribution in [0.3, 0.4) is 0 Å². The third-order valence-electron chi connectivity index (χ3n) is 1.62. The van der Waals surface area contributed by atoms with Gasteiger partial charge in [0, 0.05) is 6.21 Å². The van der Waals surface area contributed by atoms with Gasteiger partial charge in [0.1, 0.15) is 12.8 Å². The minimum atomic E-state index is 0.167. The highest BCUT2D eigenvalue weighted by Crippen LogP contribution is 2.01. The molecule has 1 aliphatic rings. The molecular weight excluding hydrogens is 142 g/mol. The van der Waals surface area contributed by atoms with E-state index in [1.165, 1.54) is 0 Å². The lowest BCUT2D eigenvalue weighted by molar-refractivity contribution is -0.141. The van der Waals surface area contributed by atoms with Crippen molar-refractivity contribution >= 4 is 6.21 Å². The van der Waals surface area contributed by atoms with Gasteiger partial charge in [0.2, 0.25) is 0 Å². The second-order valence-corrected chi connectivity index (χ2v) is 2.47. The SMILES string of the molecule is CCCN[C@H]1C=NCN1OC. The Balaban J connectivity index is 2.25. The number of nitrogens with zero attached hydrogens (tertiary/aromatic N) is 2. The molecule has 1 heterocycles. The van der Waals surface area contributed by atoms with Crippen LogP contribution in [0.1, 0.15) is 13.3 Å². The molecule has 0 amide bonds. The van der Waals surface area contributed by atoms with E-state index in [4.69, 9.17) is 4.84 Å². The summed E-state index contributed by atoms with van der Waals surface area (Å²) < 4.78 is 0. The first kappa shape index (κ1) is 8.64. The van der Waals surface area contributed by atoms with Gasteiger partial charge in [-0.1, -0.05) is 6.92 Å². The standard InChI is InChI=1S/C7H15N3O/c1-3-4-9-7-5-8-6-10(7)11-2/h5,7,9H,3-4,6H2,1-2H3/t7-/m1/s1. The molecule has 1 N–H and O–H groups in total. The third-order valence-corrected chi connectivity index (χ3v) is 1.62. The van der Waals surface area contributed by atoms with Crippen LogP contribution in [0.2, 0.25) is 0 Å². The number of hydrogen-bond donors (Lipinski definition) is 1. The van der Waals surface area contributed by atoms with Crippen molar-refractivity contribution in [2.75, 3.05) is 20.3 Å². The average Bonchev–Trinajstić information content (AvgIpc) is 2.47. The molecule has 0 spiro atoms. The van der Waals surface area contributed by atoms with Crippen molar-refractivity contribution in [2.45, 2.75) is 19.5 Å². The van der Waals surface area contributed by atoms with Gasteiger partial charge < -0.3 is 0 Å². The van der Waals surface area contributed by atoms with Crippen LogP contribution in [-0.2, 0) is 4.84 Å². The van der Waals surface area contributed by atoms with Gasteiger partial charge in [-0.3, -0.25) is 15.1 Å². The lowest BCUT2D eigenvalue weighted by atomic mass is 10.4. The van der Waals surface area contributed by atoms with Crippen LogP contribution in [0.25, 0.3) is 0 Å². The summed E-state index contributed by atoms with van der Waals surface area (Å²) >= 11 is 0. The van der Waals surface area contributed by atoms with Crippen molar-refractivity contribution in [3.05, 3.63) is 0 Å². The van der Waals surface area contributed by atoms with Crippen LogP contribution in [0, 0.1) is 0 Å². The van der Waals surface area contributed by atoms with Crippen LogP contribution in [0.5, 0.6) is 0 Å². The van der Waals surface area contributed by atoms with Crippen molar-refractivity contribution in [3.63, 3.8) is 0 Å². The summed E-state index contributed by atoms with van der Waals surface area (Å²) in [6.45, 7) is 3.77. The van der Waals surface area contributed by atoms with Gasteiger partial charge in [0.05, 0.1) is 7.11 Å². The Morgan fingerprint density at radius 1 is 1.82 bits per heavy atom. The zero-order valence-electron chi connectivity index (χ0n) is 7.08. The summed E-state index contributed by atoms with van der Waals surface area (Å²) in [6.07, 6.45) is 3.17. The molecule has 11 heavy (non-hydrogen) atoms. The van der Waals surface area contributed by atoms with E-state index in [9.17, 15) is 0 Å². The second-order valence-electron chi connectivity index (χ2n) is 2.47. The minimum Gasteiger partial charge on any atom is -0.299 e. The van der Waals surface area contributed by atoms with Crippen LogP contribution in [0.15, 0.2) is 4.99 Å². The van der Waals surface area contributed by atoms with Gasteiger partial charge in [-0.2, -0.15) is 0 Å². The Hall–Kier alpha value is -0.450. The van der Waals surface area contributed by atoms with Crippen LogP contribution in [-0.4, -0.2) is 37.8 Å². The van der Waals surface area contributed by atoms with E-state index in [0.717, 1.165) is 13.0 Å². The molecule has 4 nitrogen and oxygen atoms in total. The lowest BCUT2D eigenvalue weighted by Crippen LogP contribution is -2.42. The maximum atomic E-state index is 5.07. The predicted molar refractivity (Wildman–Crippen MR) is 44.3 cm³/mol. The first-order valence-electron chi connectivity index (χ1n) is 3.92. The lowest BCUT2D eigenvalue weighted by Gasteiger charge is -2.20. The Kier molecular flexibility index (Phi) is 3.48. The summed E-state index contributed by atoms with van der Waals surface area (Å²) in [5.41, 5.74) is 0. The van der Waals surface area contributed by atoms with E-state index in [0.29, 0.717) is 6.67 Å². The monoisotopic (exact) mass is 157 g/mol.